The second-order valence-electron chi connectivity index (χ2n) is 7.33. The lowest BCUT2D eigenvalue weighted by Gasteiger charge is -2.18. The second kappa shape index (κ2) is 11.4. The Hall–Kier alpha value is -3.03. The third-order valence-corrected chi connectivity index (χ3v) is 6.12. The maximum Gasteiger partial charge on any atom is 0.263 e. The molecule has 3 N–H and O–H groups in total. The van der Waals surface area contributed by atoms with E-state index in [1.807, 2.05) is 67.6 Å². The minimum absolute atomic E-state index is 0.140. The first-order chi connectivity index (χ1) is 15.1. The van der Waals surface area contributed by atoms with E-state index in [1.54, 1.807) is 0 Å². The summed E-state index contributed by atoms with van der Waals surface area (Å²) < 4.78 is 0. The van der Waals surface area contributed by atoms with Crippen LogP contribution in [0.2, 0.25) is 0 Å². The maximum absolute atomic E-state index is 12.5. The Kier molecular flexibility index (Phi) is 8.32. The Balaban J connectivity index is 1.46. The Morgan fingerprint density at radius 1 is 1.13 bits per heavy atom. The predicted octanol–water partition coefficient (Wildman–Crippen LogP) is 4.12. The number of carbonyl (C=O) groups is 2. The average Bonchev–Trinajstić information content (AvgIpc) is 3.19. The number of amides is 1. The normalized spacial score (nSPS) is 12.7. The van der Waals surface area contributed by atoms with Crippen LogP contribution in [-0.2, 0) is 11.3 Å². The number of hydrogen-bond donors (Lipinski definition) is 3. The lowest BCUT2D eigenvalue weighted by Crippen LogP contribution is -2.22. The maximum atomic E-state index is 12.5. The van der Waals surface area contributed by atoms with E-state index < -0.39 is 12.0 Å². The van der Waals surface area contributed by atoms with Crippen molar-refractivity contribution < 1.29 is 14.7 Å². The van der Waals surface area contributed by atoms with Gasteiger partial charge in [-0.25, -0.2) is 4.98 Å². The molecule has 0 radical (unpaired) electrons. The minimum Gasteiger partial charge on any atom is -0.388 e. The lowest BCUT2D eigenvalue weighted by atomic mass is 9.93. The van der Waals surface area contributed by atoms with Gasteiger partial charge in [-0.1, -0.05) is 72.0 Å². The molecule has 1 heterocycles. The van der Waals surface area contributed by atoms with Crippen LogP contribution < -0.4 is 10.6 Å². The van der Waals surface area contributed by atoms with Gasteiger partial charge in [0.15, 0.2) is 5.13 Å². The van der Waals surface area contributed by atoms with Gasteiger partial charge < -0.3 is 20.5 Å². The SMILES string of the molecule is Cc1nc(NCCCC(C=O)C(O)c2ccccc2)sc1C(=O)NCc1ccccc1. The summed E-state index contributed by atoms with van der Waals surface area (Å²) in [6.45, 7) is 2.89. The van der Waals surface area contributed by atoms with Crippen molar-refractivity contribution in [1.29, 1.82) is 0 Å². The molecule has 0 saturated carbocycles. The molecule has 162 valence electrons. The molecule has 0 aliphatic carbocycles. The molecule has 31 heavy (non-hydrogen) atoms. The largest absolute Gasteiger partial charge is 0.388 e. The van der Waals surface area contributed by atoms with Gasteiger partial charge in [0.25, 0.3) is 5.91 Å². The predicted molar refractivity (Wildman–Crippen MR) is 123 cm³/mol. The van der Waals surface area contributed by atoms with Gasteiger partial charge in [0.2, 0.25) is 0 Å². The Morgan fingerprint density at radius 3 is 2.48 bits per heavy atom. The van der Waals surface area contributed by atoms with Crippen molar-refractivity contribution in [2.24, 2.45) is 5.92 Å². The van der Waals surface area contributed by atoms with E-state index in [0.717, 1.165) is 17.4 Å². The zero-order valence-electron chi connectivity index (χ0n) is 17.5. The van der Waals surface area contributed by atoms with Gasteiger partial charge in [0.1, 0.15) is 11.2 Å². The third kappa shape index (κ3) is 6.47. The van der Waals surface area contributed by atoms with Crippen molar-refractivity contribution in [2.75, 3.05) is 11.9 Å². The van der Waals surface area contributed by atoms with Gasteiger partial charge in [-0.2, -0.15) is 0 Å². The topological polar surface area (TPSA) is 91.3 Å². The van der Waals surface area contributed by atoms with E-state index in [9.17, 15) is 14.7 Å². The number of nitrogens with one attached hydrogen (secondary N) is 2. The van der Waals surface area contributed by atoms with Gasteiger partial charge in [0, 0.05) is 19.0 Å². The Labute approximate surface area is 186 Å². The summed E-state index contributed by atoms with van der Waals surface area (Å²) in [6, 6.07) is 19.0. The number of thiazole rings is 1. The van der Waals surface area contributed by atoms with E-state index >= 15 is 0 Å². The Morgan fingerprint density at radius 2 is 1.81 bits per heavy atom. The first kappa shape index (κ1) is 22.7. The van der Waals surface area contributed by atoms with Crippen LogP contribution >= 0.6 is 11.3 Å². The number of hydrogen-bond acceptors (Lipinski definition) is 6. The summed E-state index contributed by atoms with van der Waals surface area (Å²) in [6.07, 6.45) is 1.27. The van der Waals surface area contributed by atoms with Crippen LogP contribution in [0.3, 0.4) is 0 Å². The average molecular weight is 438 g/mol. The number of benzene rings is 2. The minimum atomic E-state index is -0.805. The van der Waals surface area contributed by atoms with Gasteiger partial charge in [-0.15, -0.1) is 0 Å². The zero-order chi connectivity index (χ0) is 22.1. The highest BCUT2D eigenvalue weighted by Gasteiger charge is 2.20. The number of aryl methyl sites for hydroxylation is 1. The zero-order valence-corrected chi connectivity index (χ0v) is 18.3. The molecule has 6 nitrogen and oxygen atoms in total. The van der Waals surface area contributed by atoms with Gasteiger partial charge in [-0.05, 0) is 30.9 Å². The highest BCUT2D eigenvalue weighted by atomic mass is 32.1. The Bertz CT molecular complexity index is 976. The molecule has 0 aliphatic rings. The summed E-state index contributed by atoms with van der Waals surface area (Å²) in [5.74, 6) is -0.597. The smallest absolute Gasteiger partial charge is 0.263 e. The number of aliphatic hydroxyl groups excluding tert-OH is 1. The molecule has 0 fully saturated rings. The molecule has 3 aromatic rings. The standard InChI is InChI=1S/C24H27N3O3S/c1-17-22(23(30)26-15-18-9-4-2-5-10-18)31-24(27-17)25-14-8-13-20(16-28)21(29)19-11-6-3-7-12-19/h2-7,9-12,16,20-21,29H,8,13-15H2,1H3,(H,25,27)(H,26,30). The van der Waals surface area contributed by atoms with Gasteiger partial charge >= 0.3 is 0 Å². The summed E-state index contributed by atoms with van der Waals surface area (Å²) in [5, 5.41) is 17.2. The first-order valence-corrected chi connectivity index (χ1v) is 11.1. The van der Waals surface area contributed by atoms with E-state index in [1.165, 1.54) is 11.3 Å². The number of nitrogens with zero attached hydrogens (tertiary/aromatic N) is 1. The fourth-order valence-corrected chi connectivity index (χ4v) is 4.18. The number of aldehydes is 1. The molecule has 3 rings (SSSR count). The van der Waals surface area contributed by atoms with Crippen LogP contribution in [0.4, 0.5) is 5.13 Å². The fourth-order valence-electron chi connectivity index (χ4n) is 3.27. The highest BCUT2D eigenvalue weighted by Crippen LogP contribution is 2.25. The summed E-state index contributed by atoms with van der Waals surface area (Å²) >= 11 is 1.32. The molecule has 2 unspecified atom stereocenters. The quantitative estimate of drug-likeness (QED) is 0.310. The summed E-state index contributed by atoms with van der Waals surface area (Å²) in [4.78, 5) is 28.9. The molecule has 0 bridgehead atoms. The van der Waals surface area contributed by atoms with Crippen molar-refractivity contribution >= 4 is 28.7 Å². The van der Waals surface area contributed by atoms with E-state index in [0.29, 0.717) is 41.6 Å². The molecular weight excluding hydrogens is 410 g/mol. The van der Waals surface area contributed by atoms with Crippen molar-refractivity contribution in [1.82, 2.24) is 10.3 Å². The monoisotopic (exact) mass is 437 g/mol. The molecular formula is C24H27N3O3S. The number of anilines is 1. The lowest BCUT2D eigenvalue weighted by molar-refractivity contribution is -0.114. The fraction of sp³-hybridized carbons (Fsp3) is 0.292. The second-order valence-corrected chi connectivity index (χ2v) is 8.33. The molecule has 2 atom stereocenters. The molecule has 0 aliphatic heterocycles. The number of aliphatic hydroxyl groups is 1. The summed E-state index contributed by atoms with van der Waals surface area (Å²) in [5.41, 5.74) is 2.47. The van der Waals surface area contributed by atoms with Crippen LogP contribution in [0.15, 0.2) is 60.7 Å². The van der Waals surface area contributed by atoms with Crippen molar-refractivity contribution in [3.8, 4) is 0 Å². The number of rotatable bonds is 11. The van der Waals surface area contributed by atoms with Crippen LogP contribution in [0.1, 0.15) is 45.4 Å². The number of carbonyl (C=O) groups excluding carboxylic acids is 2. The molecule has 1 amide bonds. The van der Waals surface area contributed by atoms with Crippen LogP contribution in [0.25, 0.3) is 0 Å². The van der Waals surface area contributed by atoms with Crippen molar-refractivity contribution in [3.63, 3.8) is 0 Å². The van der Waals surface area contributed by atoms with Crippen LogP contribution in [-0.4, -0.2) is 28.8 Å². The van der Waals surface area contributed by atoms with E-state index in [-0.39, 0.29) is 5.91 Å². The molecule has 2 aromatic carbocycles. The van der Waals surface area contributed by atoms with Crippen LogP contribution in [0.5, 0.6) is 0 Å². The first-order valence-electron chi connectivity index (χ1n) is 10.3. The van der Waals surface area contributed by atoms with E-state index in [4.69, 9.17) is 0 Å². The molecule has 0 spiro atoms. The third-order valence-electron chi connectivity index (χ3n) is 5.01. The van der Waals surface area contributed by atoms with Gasteiger partial charge in [-0.3, -0.25) is 4.79 Å². The van der Waals surface area contributed by atoms with Crippen molar-refractivity contribution in [3.05, 3.63) is 82.4 Å². The molecule has 0 saturated heterocycles. The number of aromatic nitrogens is 1. The molecule has 7 heteroatoms. The highest BCUT2D eigenvalue weighted by molar-refractivity contribution is 7.17. The van der Waals surface area contributed by atoms with Gasteiger partial charge in [0.05, 0.1) is 11.8 Å². The summed E-state index contributed by atoms with van der Waals surface area (Å²) in [7, 11) is 0. The van der Waals surface area contributed by atoms with E-state index in [2.05, 4.69) is 15.6 Å². The van der Waals surface area contributed by atoms with Crippen LogP contribution in [0, 0.1) is 12.8 Å². The van der Waals surface area contributed by atoms with Crippen molar-refractivity contribution in [2.45, 2.75) is 32.4 Å². The molecule has 1 aromatic heterocycles.